The number of aryl methyl sites for hydroxylation is 3. The van der Waals surface area contributed by atoms with Crippen molar-refractivity contribution < 1.29 is 4.74 Å². The highest BCUT2D eigenvalue weighted by Crippen LogP contribution is 2.28. The molecule has 0 aliphatic rings. The van der Waals surface area contributed by atoms with Gasteiger partial charge >= 0.3 is 0 Å². The Labute approximate surface area is 134 Å². The van der Waals surface area contributed by atoms with Crippen molar-refractivity contribution >= 4 is 15.9 Å². The van der Waals surface area contributed by atoms with Crippen molar-refractivity contribution in [2.24, 2.45) is 5.73 Å². The molecule has 0 bridgehead atoms. The smallest absolute Gasteiger partial charge is 0.131 e. The number of hydrogen-bond acceptors (Lipinski definition) is 3. The Kier molecular flexibility index (Phi) is 5.06. The molecule has 0 fully saturated rings. The number of halogens is 1. The topological polar surface area (TPSA) is 53.1 Å². The van der Waals surface area contributed by atoms with Crippen LogP contribution in [-0.4, -0.2) is 9.78 Å². The van der Waals surface area contributed by atoms with E-state index in [1.807, 2.05) is 30.7 Å². The van der Waals surface area contributed by atoms with E-state index in [2.05, 4.69) is 40.9 Å². The predicted octanol–water partition coefficient (Wildman–Crippen LogP) is 3.88. The van der Waals surface area contributed by atoms with Crippen LogP contribution in [0.15, 0.2) is 22.7 Å². The number of aromatic nitrogens is 2. The zero-order chi connectivity index (χ0) is 15.6. The highest BCUT2D eigenvalue weighted by atomic mass is 79.9. The first-order chi connectivity index (χ1) is 9.93. The van der Waals surface area contributed by atoms with Crippen LogP contribution in [-0.2, 0) is 13.2 Å². The van der Waals surface area contributed by atoms with Crippen molar-refractivity contribution in [1.82, 2.24) is 9.78 Å². The molecule has 114 valence electrons. The lowest BCUT2D eigenvalue weighted by atomic mass is 10.1. The van der Waals surface area contributed by atoms with Gasteiger partial charge in [0.05, 0.1) is 15.9 Å². The fourth-order valence-electron chi connectivity index (χ4n) is 2.31. The summed E-state index contributed by atoms with van der Waals surface area (Å²) in [5.74, 6) is 0.837. The Balaban J connectivity index is 2.25. The van der Waals surface area contributed by atoms with E-state index in [0.717, 1.165) is 33.7 Å². The van der Waals surface area contributed by atoms with Gasteiger partial charge in [0, 0.05) is 18.2 Å². The quantitative estimate of drug-likeness (QED) is 0.889. The summed E-state index contributed by atoms with van der Waals surface area (Å²) in [6, 6.07) is 6.05. The number of ether oxygens (including phenoxy) is 1. The summed E-state index contributed by atoms with van der Waals surface area (Å²) < 4.78 is 8.98. The van der Waals surface area contributed by atoms with Crippen molar-refractivity contribution in [2.75, 3.05) is 0 Å². The van der Waals surface area contributed by atoms with Gasteiger partial charge in [-0.1, -0.05) is 17.7 Å². The van der Waals surface area contributed by atoms with Gasteiger partial charge in [-0.2, -0.15) is 5.10 Å². The Morgan fingerprint density at radius 1 is 1.38 bits per heavy atom. The standard InChI is InChI=1S/C16H22BrN3O/c1-5-20-14(16(17)12(4)19-20)9-21-15-7-6-10(2)8-13(15)11(3)18/h6-8,11H,5,9,18H2,1-4H3/t11-/m1/s1. The van der Waals surface area contributed by atoms with Crippen molar-refractivity contribution in [2.45, 2.75) is 46.9 Å². The second-order valence-corrected chi connectivity index (χ2v) is 6.07. The van der Waals surface area contributed by atoms with Gasteiger partial charge in [0.1, 0.15) is 12.4 Å². The van der Waals surface area contributed by atoms with E-state index >= 15 is 0 Å². The molecule has 21 heavy (non-hydrogen) atoms. The molecule has 0 unspecified atom stereocenters. The maximum atomic E-state index is 6.04. The highest BCUT2D eigenvalue weighted by molar-refractivity contribution is 9.10. The van der Waals surface area contributed by atoms with Crippen LogP contribution in [0.1, 0.15) is 42.4 Å². The summed E-state index contributed by atoms with van der Waals surface area (Å²) in [4.78, 5) is 0. The third-order valence-corrected chi connectivity index (χ3v) is 4.50. The SMILES string of the molecule is CCn1nc(C)c(Br)c1COc1ccc(C)cc1[C@@H](C)N. The van der Waals surface area contributed by atoms with E-state index in [4.69, 9.17) is 10.5 Å². The Morgan fingerprint density at radius 2 is 2.10 bits per heavy atom. The molecule has 1 heterocycles. The van der Waals surface area contributed by atoms with Gasteiger partial charge in [-0.15, -0.1) is 0 Å². The summed E-state index contributed by atoms with van der Waals surface area (Å²) in [6.07, 6.45) is 0. The molecule has 5 heteroatoms. The normalized spacial score (nSPS) is 12.5. The molecule has 1 atom stereocenters. The molecule has 1 aromatic carbocycles. The first-order valence-corrected chi connectivity index (χ1v) is 7.94. The average Bonchev–Trinajstić information content (AvgIpc) is 2.72. The van der Waals surface area contributed by atoms with Gasteiger partial charge in [-0.3, -0.25) is 4.68 Å². The molecule has 0 saturated carbocycles. The highest BCUT2D eigenvalue weighted by Gasteiger charge is 2.14. The van der Waals surface area contributed by atoms with Crippen LogP contribution in [0, 0.1) is 13.8 Å². The predicted molar refractivity (Wildman–Crippen MR) is 88.5 cm³/mol. The number of nitrogens with two attached hydrogens (primary N) is 1. The van der Waals surface area contributed by atoms with Crippen LogP contribution < -0.4 is 10.5 Å². The minimum atomic E-state index is -0.0545. The maximum Gasteiger partial charge on any atom is 0.131 e. The third kappa shape index (κ3) is 3.47. The summed E-state index contributed by atoms with van der Waals surface area (Å²) in [7, 11) is 0. The fraction of sp³-hybridized carbons (Fsp3) is 0.438. The van der Waals surface area contributed by atoms with Crippen LogP contribution in [0.4, 0.5) is 0 Å². The number of hydrogen-bond donors (Lipinski definition) is 1. The minimum absolute atomic E-state index is 0.0545. The van der Waals surface area contributed by atoms with Gasteiger partial charge in [0.15, 0.2) is 0 Å². The molecule has 0 spiro atoms. The van der Waals surface area contributed by atoms with Crippen LogP contribution in [0.3, 0.4) is 0 Å². The van der Waals surface area contributed by atoms with Gasteiger partial charge in [-0.05, 0) is 49.7 Å². The lowest BCUT2D eigenvalue weighted by molar-refractivity contribution is 0.287. The molecule has 2 rings (SSSR count). The van der Waals surface area contributed by atoms with Crippen molar-refractivity contribution in [3.63, 3.8) is 0 Å². The Hall–Kier alpha value is -1.33. The van der Waals surface area contributed by atoms with Gasteiger partial charge in [0.2, 0.25) is 0 Å². The van der Waals surface area contributed by atoms with Crippen molar-refractivity contribution in [1.29, 1.82) is 0 Å². The molecule has 4 nitrogen and oxygen atoms in total. The van der Waals surface area contributed by atoms with Crippen molar-refractivity contribution in [3.05, 3.63) is 45.2 Å². The molecule has 2 N–H and O–H groups in total. The first-order valence-electron chi connectivity index (χ1n) is 7.14. The van der Waals surface area contributed by atoms with Gasteiger partial charge in [0.25, 0.3) is 0 Å². The average molecular weight is 352 g/mol. The van der Waals surface area contributed by atoms with Crippen LogP contribution in [0.5, 0.6) is 5.75 Å². The van der Waals surface area contributed by atoms with Crippen LogP contribution in [0.2, 0.25) is 0 Å². The van der Waals surface area contributed by atoms with Crippen LogP contribution >= 0.6 is 15.9 Å². The molecule has 0 aliphatic carbocycles. The van der Waals surface area contributed by atoms with E-state index in [1.165, 1.54) is 5.56 Å². The monoisotopic (exact) mass is 351 g/mol. The zero-order valence-electron chi connectivity index (χ0n) is 13.0. The summed E-state index contributed by atoms with van der Waals surface area (Å²) in [6.45, 7) is 9.37. The summed E-state index contributed by atoms with van der Waals surface area (Å²) in [5, 5.41) is 4.48. The lowest BCUT2D eigenvalue weighted by Crippen LogP contribution is -2.10. The van der Waals surface area contributed by atoms with E-state index in [-0.39, 0.29) is 6.04 Å². The summed E-state index contributed by atoms with van der Waals surface area (Å²) >= 11 is 3.59. The minimum Gasteiger partial charge on any atom is -0.487 e. The van der Waals surface area contributed by atoms with E-state index in [9.17, 15) is 0 Å². The Bertz CT molecular complexity index is 635. The molecule has 0 saturated heterocycles. The molecule has 0 radical (unpaired) electrons. The molecule has 0 aliphatic heterocycles. The van der Waals surface area contributed by atoms with Gasteiger partial charge in [-0.25, -0.2) is 0 Å². The van der Waals surface area contributed by atoms with E-state index in [1.54, 1.807) is 0 Å². The number of rotatable bonds is 5. The Morgan fingerprint density at radius 3 is 2.71 bits per heavy atom. The van der Waals surface area contributed by atoms with Crippen LogP contribution in [0.25, 0.3) is 0 Å². The third-order valence-electron chi connectivity index (χ3n) is 3.47. The summed E-state index contributed by atoms with van der Waals surface area (Å²) in [5.41, 5.74) is 10.3. The van der Waals surface area contributed by atoms with E-state index < -0.39 is 0 Å². The largest absolute Gasteiger partial charge is 0.487 e. The lowest BCUT2D eigenvalue weighted by Gasteiger charge is -2.15. The second-order valence-electron chi connectivity index (χ2n) is 5.28. The fourth-order valence-corrected chi connectivity index (χ4v) is 2.71. The second kappa shape index (κ2) is 6.62. The molecular formula is C16H22BrN3O. The molecule has 2 aromatic rings. The maximum absolute atomic E-state index is 6.04. The molecular weight excluding hydrogens is 330 g/mol. The van der Waals surface area contributed by atoms with Gasteiger partial charge < -0.3 is 10.5 Å². The van der Waals surface area contributed by atoms with E-state index in [0.29, 0.717) is 6.61 Å². The number of benzene rings is 1. The molecule has 1 aromatic heterocycles. The van der Waals surface area contributed by atoms with Crippen molar-refractivity contribution in [3.8, 4) is 5.75 Å². The zero-order valence-corrected chi connectivity index (χ0v) is 14.6. The molecule has 0 amide bonds. The first kappa shape index (κ1) is 16.0. The number of nitrogens with zero attached hydrogens (tertiary/aromatic N) is 2.